The Balaban J connectivity index is 1.57. The molecule has 0 spiro atoms. The van der Waals surface area contributed by atoms with Gasteiger partial charge >= 0.3 is 16.3 Å². The highest BCUT2D eigenvalue weighted by Gasteiger charge is 2.32. The van der Waals surface area contributed by atoms with Crippen LogP contribution in [0.25, 0.3) is 10.9 Å². The van der Waals surface area contributed by atoms with E-state index in [-0.39, 0.29) is 30.3 Å². The van der Waals surface area contributed by atoms with E-state index in [9.17, 15) is 30.0 Å². The number of alkyl halides is 3. The molecule has 0 fully saturated rings. The molecule has 0 N–H and O–H groups in total. The summed E-state index contributed by atoms with van der Waals surface area (Å²) in [6.45, 7) is 0.0770. The Morgan fingerprint density at radius 2 is 1.59 bits per heavy atom. The molecular weight excluding hydrogens is 557 g/mol. The average Bonchev–Trinajstić information content (AvgIpc) is 2.91. The Morgan fingerprint density at radius 1 is 0.897 bits per heavy atom. The second kappa shape index (κ2) is 11.3. The van der Waals surface area contributed by atoms with Crippen LogP contribution in [-0.2, 0) is 37.6 Å². The summed E-state index contributed by atoms with van der Waals surface area (Å²) in [5, 5.41) is 0.661. The summed E-state index contributed by atoms with van der Waals surface area (Å²) < 4.78 is 103. The number of rotatable bonds is 10. The fourth-order valence-corrected chi connectivity index (χ4v) is 6.31. The van der Waals surface area contributed by atoms with Crippen LogP contribution in [0.4, 0.5) is 13.2 Å². The molecule has 4 aromatic rings. The molecule has 39 heavy (non-hydrogen) atoms. The maximum atomic E-state index is 13.6. The molecule has 0 saturated heterocycles. The number of sulfonamides is 1. The monoisotopic (exact) mass is 580 g/mol. The fraction of sp³-hybridized carbons (Fsp3) is 0.192. The smallest absolute Gasteiger partial charge is 0.383 e. The molecule has 0 amide bonds. The topological polar surface area (TPSA) is 103 Å². The van der Waals surface area contributed by atoms with Gasteiger partial charge in [-0.2, -0.15) is 25.9 Å². The molecular formula is C26H23F3N2O6S2. The van der Waals surface area contributed by atoms with E-state index in [2.05, 4.69) is 4.98 Å². The van der Waals surface area contributed by atoms with Crippen LogP contribution in [0.15, 0.2) is 94.9 Å². The highest BCUT2D eigenvalue weighted by Crippen LogP contribution is 2.31. The van der Waals surface area contributed by atoms with E-state index in [4.69, 9.17) is 8.92 Å². The molecule has 8 nitrogen and oxygen atoms in total. The molecule has 0 aliphatic carbocycles. The van der Waals surface area contributed by atoms with Gasteiger partial charge in [0.15, 0.2) is 0 Å². The number of hydrogen-bond donors (Lipinski definition) is 0. The molecule has 0 radical (unpaired) electrons. The number of fused-ring (bicyclic) bond motifs is 1. The van der Waals surface area contributed by atoms with Crippen molar-refractivity contribution in [2.24, 2.45) is 0 Å². The number of ether oxygens (including phenoxy) is 1. The van der Waals surface area contributed by atoms with Gasteiger partial charge in [0, 0.05) is 31.8 Å². The SMILES string of the molecule is COCCN(Cc1ccc(OS(=O)(=O)c2cccc(C(F)(F)F)c2)cc1)S(=O)(=O)c1cccc2cccnc12. The van der Waals surface area contributed by atoms with Crippen molar-refractivity contribution in [2.45, 2.75) is 22.5 Å². The molecule has 0 aliphatic rings. The van der Waals surface area contributed by atoms with Crippen molar-refractivity contribution < 1.29 is 38.9 Å². The van der Waals surface area contributed by atoms with Crippen molar-refractivity contribution in [3.8, 4) is 5.75 Å². The molecule has 0 unspecified atom stereocenters. The summed E-state index contributed by atoms with van der Waals surface area (Å²) in [5.74, 6) is -0.152. The first-order valence-corrected chi connectivity index (χ1v) is 14.3. The third-order valence-electron chi connectivity index (χ3n) is 5.70. The summed E-state index contributed by atoms with van der Waals surface area (Å²) in [6.07, 6.45) is -3.21. The predicted octanol–water partition coefficient (Wildman–Crippen LogP) is 4.86. The maximum absolute atomic E-state index is 13.6. The molecule has 13 heteroatoms. The Bertz CT molecular complexity index is 1670. The zero-order valence-electron chi connectivity index (χ0n) is 20.5. The van der Waals surface area contributed by atoms with Gasteiger partial charge in [0.05, 0.1) is 17.7 Å². The van der Waals surface area contributed by atoms with Crippen molar-refractivity contribution >= 4 is 31.0 Å². The van der Waals surface area contributed by atoms with Crippen LogP contribution in [0.5, 0.6) is 5.75 Å². The van der Waals surface area contributed by atoms with Gasteiger partial charge < -0.3 is 8.92 Å². The first-order chi connectivity index (χ1) is 18.4. The average molecular weight is 581 g/mol. The van der Waals surface area contributed by atoms with Gasteiger partial charge in [0.2, 0.25) is 10.0 Å². The van der Waals surface area contributed by atoms with Gasteiger partial charge in [-0.15, -0.1) is 0 Å². The van der Waals surface area contributed by atoms with Gasteiger partial charge in [-0.05, 0) is 48.0 Å². The lowest BCUT2D eigenvalue weighted by molar-refractivity contribution is -0.137. The number of methoxy groups -OCH3 is 1. The molecule has 0 aliphatic heterocycles. The molecule has 1 heterocycles. The van der Waals surface area contributed by atoms with E-state index in [1.165, 1.54) is 47.9 Å². The molecule has 0 bridgehead atoms. The Morgan fingerprint density at radius 3 is 2.28 bits per heavy atom. The number of pyridine rings is 1. The lowest BCUT2D eigenvalue weighted by Crippen LogP contribution is -2.33. The maximum Gasteiger partial charge on any atom is 0.416 e. The zero-order valence-corrected chi connectivity index (χ0v) is 22.1. The summed E-state index contributed by atoms with van der Waals surface area (Å²) >= 11 is 0. The highest BCUT2D eigenvalue weighted by atomic mass is 32.2. The van der Waals surface area contributed by atoms with Gasteiger partial charge in [-0.3, -0.25) is 4.98 Å². The van der Waals surface area contributed by atoms with Crippen LogP contribution >= 0.6 is 0 Å². The van der Waals surface area contributed by atoms with Crippen LogP contribution in [0, 0.1) is 0 Å². The number of halogens is 3. The van der Waals surface area contributed by atoms with Crippen molar-refractivity contribution in [3.05, 3.63) is 96.2 Å². The van der Waals surface area contributed by atoms with Crippen molar-refractivity contribution in [2.75, 3.05) is 20.3 Å². The van der Waals surface area contributed by atoms with E-state index < -0.39 is 36.8 Å². The zero-order chi connectivity index (χ0) is 28.3. The van der Waals surface area contributed by atoms with Crippen LogP contribution in [0.2, 0.25) is 0 Å². The summed E-state index contributed by atoms with van der Waals surface area (Å²) in [5.41, 5.74) is -0.293. The van der Waals surface area contributed by atoms with E-state index >= 15 is 0 Å². The van der Waals surface area contributed by atoms with E-state index in [1.807, 2.05) is 0 Å². The van der Waals surface area contributed by atoms with Gasteiger partial charge in [-0.25, -0.2) is 8.42 Å². The minimum absolute atomic E-state index is 0.0313. The van der Waals surface area contributed by atoms with Crippen molar-refractivity contribution in [1.29, 1.82) is 0 Å². The normalized spacial score (nSPS) is 12.6. The van der Waals surface area contributed by atoms with E-state index in [0.29, 0.717) is 22.5 Å². The van der Waals surface area contributed by atoms with Crippen LogP contribution in [0.1, 0.15) is 11.1 Å². The van der Waals surface area contributed by atoms with Gasteiger partial charge in [0.25, 0.3) is 0 Å². The van der Waals surface area contributed by atoms with Crippen molar-refractivity contribution in [3.63, 3.8) is 0 Å². The largest absolute Gasteiger partial charge is 0.416 e. The molecule has 1 aromatic heterocycles. The molecule has 206 valence electrons. The number of para-hydroxylation sites is 1. The first-order valence-electron chi connectivity index (χ1n) is 11.5. The van der Waals surface area contributed by atoms with E-state index in [0.717, 1.165) is 18.2 Å². The fourth-order valence-electron chi connectivity index (χ4n) is 3.76. The molecule has 3 aromatic carbocycles. The van der Waals surface area contributed by atoms with E-state index in [1.54, 1.807) is 24.3 Å². The predicted molar refractivity (Wildman–Crippen MR) is 137 cm³/mol. The quantitative estimate of drug-likeness (QED) is 0.247. The lowest BCUT2D eigenvalue weighted by atomic mass is 10.2. The number of hydrogen-bond acceptors (Lipinski definition) is 7. The third kappa shape index (κ3) is 6.56. The summed E-state index contributed by atoms with van der Waals surface area (Å²) in [7, 11) is -7.13. The standard InChI is InChI=1S/C26H23F3N2O6S2/c1-36-16-15-31(38(32,33)24-9-2-5-20-6-4-14-30-25(20)24)18-19-10-12-22(13-11-19)37-39(34,35)23-8-3-7-21(17-23)26(27,28)29/h2-14,17H,15-16,18H2,1H3. The Labute approximate surface area is 223 Å². The lowest BCUT2D eigenvalue weighted by Gasteiger charge is -2.22. The molecule has 0 atom stereocenters. The summed E-state index contributed by atoms with van der Waals surface area (Å²) in [6, 6.07) is 17.1. The van der Waals surface area contributed by atoms with Crippen LogP contribution < -0.4 is 4.18 Å². The van der Waals surface area contributed by atoms with Crippen LogP contribution in [-0.4, -0.2) is 46.4 Å². The van der Waals surface area contributed by atoms with Gasteiger partial charge in [0.1, 0.15) is 15.5 Å². The Hall–Kier alpha value is -3.52. The minimum Gasteiger partial charge on any atom is -0.383 e. The molecule has 4 rings (SSSR count). The number of aromatic nitrogens is 1. The second-order valence-corrected chi connectivity index (χ2v) is 11.8. The molecule has 0 saturated carbocycles. The minimum atomic E-state index is -4.72. The Kier molecular flexibility index (Phi) is 8.25. The third-order valence-corrected chi connectivity index (χ3v) is 8.82. The second-order valence-electron chi connectivity index (χ2n) is 8.37. The highest BCUT2D eigenvalue weighted by molar-refractivity contribution is 7.89. The number of nitrogens with zero attached hydrogens (tertiary/aromatic N) is 2. The van der Waals surface area contributed by atoms with Crippen LogP contribution in [0.3, 0.4) is 0 Å². The van der Waals surface area contributed by atoms with Crippen molar-refractivity contribution in [1.82, 2.24) is 9.29 Å². The summed E-state index contributed by atoms with van der Waals surface area (Å²) in [4.78, 5) is 3.61. The first kappa shape index (κ1) is 28.5. The van der Waals surface area contributed by atoms with Gasteiger partial charge in [-0.1, -0.05) is 36.4 Å². The number of benzene rings is 3.